The van der Waals surface area contributed by atoms with Gasteiger partial charge in [-0.3, -0.25) is 4.79 Å². The summed E-state index contributed by atoms with van der Waals surface area (Å²) in [5.41, 5.74) is 5.70. The highest BCUT2D eigenvalue weighted by molar-refractivity contribution is 5.79. The number of amides is 1. The van der Waals surface area contributed by atoms with Gasteiger partial charge in [0.2, 0.25) is 5.91 Å². The Kier molecular flexibility index (Phi) is 3.82. The summed E-state index contributed by atoms with van der Waals surface area (Å²) in [5, 5.41) is 0. The number of hydrogen-bond donors (Lipinski definition) is 1. The van der Waals surface area contributed by atoms with E-state index >= 15 is 0 Å². The molecule has 3 unspecified atom stereocenters. The van der Waals surface area contributed by atoms with E-state index in [9.17, 15) is 4.79 Å². The van der Waals surface area contributed by atoms with Crippen molar-refractivity contribution in [3.8, 4) is 0 Å². The average molecular weight is 226 g/mol. The van der Waals surface area contributed by atoms with Crippen molar-refractivity contribution >= 4 is 5.91 Å². The molecule has 0 aromatic heterocycles. The van der Waals surface area contributed by atoms with Crippen LogP contribution in [0.5, 0.6) is 0 Å². The van der Waals surface area contributed by atoms with Gasteiger partial charge in [0.15, 0.2) is 0 Å². The summed E-state index contributed by atoms with van der Waals surface area (Å²) in [6.07, 6.45) is 3.12. The maximum atomic E-state index is 12.3. The zero-order valence-corrected chi connectivity index (χ0v) is 10.0. The van der Waals surface area contributed by atoms with Crippen LogP contribution in [0.4, 0.5) is 0 Å². The van der Waals surface area contributed by atoms with Gasteiger partial charge in [-0.1, -0.05) is 0 Å². The number of ether oxygens (including phenoxy) is 1. The fourth-order valence-corrected chi connectivity index (χ4v) is 2.65. The smallest absolute Gasteiger partial charge is 0.228 e. The molecule has 0 aromatic rings. The minimum atomic E-state index is 0.0963. The fourth-order valence-electron chi connectivity index (χ4n) is 2.65. The average Bonchev–Trinajstić information content (AvgIpc) is 2.82. The number of nitrogens with zero attached hydrogens (tertiary/aromatic N) is 1. The van der Waals surface area contributed by atoms with E-state index < -0.39 is 0 Å². The van der Waals surface area contributed by atoms with Gasteiger partial charge in [-0.2, -0.15) is 0 Å². The lowest BCUT2D eigenvalue weighted by Crippen LogP contribution is -2.49. The van der Waals surface area contributed by atoms with Crippen LogP contribution in [0.25, 0.3) is 0 Å². The van der Waals surface area contributed by atoms with Crippen LogP contribution in [0.15, 0.2) is 0 Å². The molecule has 2 saturated heterocycles. The maximum Gasteiger partial charge on any atom is 0.228 e. The van der Waals surface area contributed by atoms with Gasteiger partial charge < -0.3 is 15.4 Å². The first-order valence-electron chi connectivity index (χ1n) is 6.30. The molecular formula is C12H22N2O2. The van der Waals surface area contributed by atoms with E-state index in [4.69, 9.17) is 10.5 Å². The Morgan fingerprint density at radius 2 is 2.25 bits per heavy atom. The molecule has 4 nitrogen and oxygen atoms in total. The number of piperidine rings is 1. The summed E-state index contributed by atoms with van der Waals surface area (Å²) in [6, 6.07) is 0.371. The van der Waals surface area contributed by atoms with Crippen molar-refractivity contribution in [1.82, 2.24) is 4.90 Å². The predicted molar refractivity (Wildman–Crippen MR) is 61.9 cm³/mol. The van der Waals surface area contributed by atoms with Crippen LogP contribution >= 0.6 is 0 Å². The Hall–Kier alpha value is -0.610. The summed E-state index contributed by atoms with van der Waals surface area (Å²) >= 11 is 0. The van der Waals surface area contributed by atoms with Crippen molar-refractivity contribution in [2.75, 3.05) is 26.3 Å². The van der Waals surface area contributed by atoms with Crippen molar-refractivity contribution in [3.63, 3.8) is 0 Å². The molecular weight excluding hydrogens is 204 g/mol. The molecule has 0 aromatic carbocycles. The molecule has 2 aliphatic rings. The third-order valence-electron chi connectivity index (χ3n) is 3.87. The number of carbonyl (C=O) groups excluding carboxylic acids is 1. The number of carbonyl (C=O) groups is 1. The van der Waals surface area contributed by atoms with Gasteiger partial charge in [-0.15, -0.1) is 0 Å². The second kappa shape index (κ2) is 5.15. The number of rotatable bonds is 2. The first-order chi connectivity index (χ1) is 7.72. The molecule has 0 aliphatic carbocycles. The molecule has 16 heavy (non-hydrogen) atoms. The summed E-state index contributed by atoms with van der Waals surface area (Å²) in [4.78, 5) is 14.3. The SMILES string of the molecule is CC1CCC(CN)CN1C(=O)C1CCOC1. The van der Waals surface area contributed by atoms with E-state index in [-0.39, 0.29) is 11.8 Å². The van der Waals surface area contributed by atoms with E-state index in [1.54, 1.807) is 0 Å². The van der Waals surface area contributed by atoms with Gasteiger partial charge in [0.25, 0.3) is 0 Å². The lowest BCUT2D eigenvalue weighted by atomic mass is 9.92. The molecule has 1 amide bonds. The monoisotopic (exact) mass is 226 g/mol. The van der Waals surface area contributed by atoms with E-state index in [1.165, 1.54) is 0 Å². The molecule has 2 fully saturated rings. The number of likely N-dealkylation sites (tertiary alicyclic amines) is 1. The molecule has 0 saturated carbocycles. The highest BCUT2D eigenvalue weighted by atomic mass is 16.5. The standard InChI is InChI=1S/C12H22N2O2/c1-9-2-3-10(6-13)7-14(9)12(15)11-4-5-16-8-11/h9-11H,2-8,13H2,1H3. The van der Waals surface area contributed by atoms with Crippen LogP contribution in [0.2, 0.25) is 0 Å². The Balaban J connectivity index is 1.97. The molecule has 2 N–H and O–H groups in total. The Labute approximate surface area is 97.1 Å². The Morgan fingerprint density at radius 3 is 2.88 bits per heavy atom. The molecule has 0 radical (unpaired) electrons. The Bertz CT molecular complexity index is 251. The summed E-state index contributed by atoms with van der Waals surface area (Å²) in [6.45, 7) is 5.01. The molecule has 2 rings (SSSR count). The second-order valence-electron chi connectivity index (χ2n) is 5.08. The van der Waals surface area contributed by atoms with Gasteiger partial charge in [0, 0.05) is 19.2 Å². The highest BCUT2D eigenvalue weighted by Crippen LogP contribution is 2.25. The van der Waals surface area contributed by atoms with E-state index in [0.29, 0.717) is 25.1 Å². The van der Waals surface area contributed by atoms with E-state index in [2.05, 4.69) is 6.92 Å². The molecule has 2 aliphatic heterocycles. The largest absolute Gasteiger partial charge is 0.381 e. The maximum absolute atomic E-state index is 12.3. The molecule has 4 heteroatoms. The first kappa shape index (κ1) is 11.9. The summed E-state index contributed by atoms with van der Waals surface area (Å²) < 4.78 is 5.29. The first-order valence-corrected chi connectivity index (χ1v) is 6.30. The summed E-state index contributed by atoms with van der Waals surface area (Å²) in [7, 11) is 0. The fraction of sp³-hybridized carbons (Fsp3) is 0.917. The molecule has 0 spiro atoms. The normalized spacial score (nSPS) is 35.4. The second-order valence-corrected chi connectivity index (χ2v) is 5.08. The van der Waals surface area contributed by atoms with Crippen molar-refractivity contribution < 1.29 is 9.53 Å². The van der Waals surface area contributed by atoms with Crippen LogP contribution in [0, 0.1) is 11.8 Å². The van der Waals surface area contributed by atoms with Crippen molar-refractivity contribution in [2.45, 2.75) is 32.2 Å². The van der Waals surface area contributed by atoms with Gasteiger partial charge in [0.05, 0.1) is 12.5 Å². The lowest BCUT2D eigenvalue weighted by Gasteiger charge is -2.38. The molecule has 3 atom stereocenters. The van der Waals surface area contributed by atoms with Crippen LogP contribution in [-0.2, 0) is 9.53 Å². The molecule has 0 bridgehead atoms. The van der Waals surface area contributed by atoms with E-state index in [0.717, 1.165) is 32.4 Å². The van der Waals surface area contributed by atoms with Crippen molar-refractivity contribution in [3.05, 3.63) is 0 Å². The van der Waals surface area contributed by atoms with E-state index in [1.807, 2.05) is 4.90 Å². The number of hydrogen-bond acceptors (Lipinski definition) is 3. The topological polar surface area (TPSA) is 55.6 Å². The third kappa shape index (κ3) is 2.38. The van der Waals surface area contributed by atoms with Gasteiger partial charge in [-0.05, 0) is 38.6 Å². The van der Waals surface area contributed by atoms with Crippen LogP contribution in [0.3, 0.4) is 0 Å². The Morgan fingerprint density at radius 1 is 1.44 bits per heavy atom. The van der Waals surface area contributed by atoms with Gasteiger partial charge in [-0.25, -0.2) is 0 Å². The van der Waals surface area contributed by atoms with Gasteiger partial charge >= 0.3 is 0 Å². The van der Waals surface area contributed by atoms with Crippen LogP contribution in [0.1, 0.15) is 26.2 Å². The quantitative estimate of drug-likeness (QED) is 0.750. The zero-order valence-electron chi connectivity index (χ0n) is 10.0. The van der Waals surface area contributed by atoms with Gasteiger partial charge in [0.1, 0.15) is 0 Å². The zero-order chi connectivity index (χ0) is 11.5. The van der Waals surface area contributed by atoms with Crippen molar-refractivity contribution in [2.24, 2.45) is 17.6 Å². The molecule has 2 heterocycles. The molecule has 92 valence electrons. The van der Waals surface area contributed by atoms with Crippen LogP contribution in [-0.4, -0.2) is 43.2 Å². The highest BCUT2D eigenvalue weighted by Gasteiger charge is 2.33. The third-order valence-corrected chi connectivity index (χ3v) is 3.87. The lowest BCUT2D eigenvalue weighted by molar-refractivity contribution is -0.139. The summed E-state index contributed by atoms with van der Waals surface area (Å²) in [5.74, 6) is 0.865. The minimum absolute atomic E-state index is 0.0963. The predicted octanol–water partition coefficient (Wildman–Crippen LogP) is 0.609. The minimum Gasteiger partial charge on any atom is -0.381 e. The number of nitrogens with two attached hydrogens (primary N) is 1. The van der Waals surface area contributed by atoms with Crippen molar-refractivity contribution in [1.29, 1.82) is 0 Å². The van der Waals surface area contributed by atoms with Crippen LogP contribution < -0.4 is 5.73 Å².